The van der Waals surface area contributed by atoms with Gasteiger partial charge in [0.15, 0.2) is 8.38 Å². The Kier molecular flexibility index (Phi) is 5.53. The van der Waals surface area contributed by atoms with Crippen LogP contribution in [0.25, 0.3) is 0 Å². The molecule has 0 aliphatic rings. The van der Waals surface area contributed by atoms with Gasteiger partial charge < -0.3 is 9.42 Å². The third-order valence-electron chi connectivity index (χ3n) is 1.33. The largest absolute Gasteiger partial charge is 0.350 e. The van der Waals surface area contributed by atoms with Crippen LogP contribution < -0.4 is 0 Å². The first-order chi connectivity index (χ1) is 4.95. The van der Waals surface area contributed by atoms with E-state index in [0.717, 1.165) is 12.2 Å². The molecule has 1 unspecified atom stereocenters. The predicted molar refractivity (Wildman–Crippen MR) is 53.8 cm³/mol. The molecular formula is C7H19O2PSi. The van der Waals surface area contributed by atoms with Gasteiger partial charge in [0.25, 0.3) is 0 Å². The maximum absolute atomic E-state index is 9.28. The lowest BCUT2D eigenvalue weighted by atomic mass is 10.9. The molecule has 0 saturated carbocycles. The van der Waals surface area contributed by atoms with Gasteiger partial charge in [-0.2, -0.15) is 0 Å². The molecule has 0 saturated heterocycles. The maximum atomic E-state index is 9.28. The van der Waals surface area contributed by atoms with Crippen LogP contribution in [0, 0.1) is 0 Å². The fourth-order valence-electron chi connectivity index (χ4n) is 0.645. The van der Waals surface area contributed by atoms with E-state index in [1.165, 1.54) is 0 Å². The monoisotopic (exact) mass is 194 g/mol. The van der Waals surface area contributed by atoms with Crippen molar-refractivity contribution in [3.05, 3.63) is 0 Å². The van der Waals surface area contributed by atoms with Crippen LogP contribution in [0.3, 0.4) is 0 Å². The molecule has 1 atom stereocenters. The van der Waals surface area contributed by atoms with Gasteiger partial charge in [-0.1, -0.05) is 19.6 Å². The first kappa shape index (κ1) is 11.6. The third-order valence-corrected chi connectivity index (χ3v) is 4.66. The highest BCUT2D eigenvalue weighted by Crippen LogP contribution is 2.33. The minimum absolute atomic E-state index is 0.633. The Labute approximate surface area is 71.9 Å². The molecule has 0 aromatic carbocycles. The number of rotatable bonds is 5. The zero-order valence-corrected chi connectivity index (χ0v) is 9.82. The molecule has 68 valence electrons. The molecular weight excluding hydrogens is 175 g/mol. The van der Waals surface area contributed by atoms with Crippen molar-refractivity contribution in [1.29, 1.82) is 0 Å². The molecule has 0 fully saturated rings. The Bertz CT molecular complexity index is 103. The quantitative estimate of drug-likeness (QED) is 0.538. The van der Waals surface area contributed by atoms with Gasteiger partial charge >= 0.3 is 0 Å². The van der Waals surface area contributed by atoms with E-state index in [9.17, 15) is 4.89 Å². The van der Waals surface area contributed by atoms with Gasteiger partial charge in [0.2, 0.25) is 0 Å². The van der Waals surface area contributed by atoms with Crippen molar-refractivity contribution in [2.75, 3.05) is 12.8 Å². The molecule has 11 heavy (non-hydrogen) atoms. The second-order valence-corrected chi connectivity index (χ2v) is 10.8. The molecule has 0 radical (unpaired) electrons. The Balaban J connectivity index is 3.38. The van der Waals surface area contributed by atoms with Crippen LogP contribution in [-0.2, 0) is 4.52 Å². The van der Waals surface area contributed by atoms with Crippen molar-refractivity contribution in [3.63, 3.8) is 0 Å². The van der Waals surface area contributed by atoms with Crippen LogP contribution >= 0.6 is 8.38 Å². The van der Waals surface area contributed by atoms with Crippen molar-refractivity contribution in [1.82, 2.24) is 0 Å². The van der Waals surface area contributed by atoms with Gasteiger partial charge in [-0.25, -0.2) is 0 Å². The van der Waals surface area contributed by atoms with Crippen LogP contribution in [0.5, 0.6) is 0 Å². The Hall–Kier alpha value is 0.567. The molecule has 1 N–H and O–H groups in total. The van der Waals surface area contributed by atoms with E-state index in [4.69, 9.17) is 4.52 Å². The number of hydrogen-bond donors (Lipinski definition) is 1. The van der Waals surface area contributed by atoms with Crippen molar-refractivity contribution >= 4 is 16.4 Å². The van der Waals surface area contributed by atoms with Gasteiger partial charge in [-0.3, -0.25) is 0 Å². The van der Waals surface area contributed by atoms with Gasteiger partial charge in [-0.15, -0.1) is 0 Å². The molecule has 0 aliphatic heterocycles. The average Bonchev–Trinajstić information content (AvgIpc) is 1.83. The molecule has 0 spiro atoms. The molecule has 0 bridgehead atoms. The molecule has 2 nitrogen and oxygen atoms in total. The highest BCUT2D eigenvalue weighted by Gasteiger charge is 2.15. The summed E-state index contributed by atoms with van der Waals surface area (Å²) in [4.78, 5) is 9.28. The molecule has 0 aromatic rings. The van der Waals surface area contributed by atoms with Crippen molar-refractivity contribution < 1.29 is 9.42 Å². The summed E-state index contributed by atoms with van der Waals surface area (Å²) in [7, 11) is -2.08. The summed E-state index contributed by atoms with van der Waals surface area (Å²) in [5.74, 6) is 0. The summed E-state index contributed by atoms with van der Waals surface area (Å²) in [5.41, 5.74) is 0. The first-order valence-electron chi connectivity index (χ1n) is 4.05. The Morgan fingerprint density at radius 2 is 1.91 bits per heavy atom. The third kappa shape index (κ3) is 8.47. The van der Waals surface area contributed by atoms with Gasteiger partial charge in [0, 0.05) is 14.2 Å². The van der Waals surface area contributed by atoms with Crippen LogP contribution in [0.1, 0.15) is 6.92 Å². The van der Waals surface area contributed by atoms with Gasteiger partial charge in [0.05, 0.1) is 6.61 Å². The fourth-order valence-corrected chi connectivity index (χ4v) is 4.52. The minimum Gasteiger partial charge on any atom is -0.350 e. The minimum atomic E-state index is -1.11. The summed E-state index contributed by atoms with van der Waals surface area (Å²) in [5, 5.41) is 0. The molecule has 0 rings (SSSR count). The van der Waals surface area contributed by atoms with E-state index in [1.54, 1.807) is 0 Å². The summed E-state index contributed by atoms with van der Waals surface area (Å²) < 4.78 is 5.08. The maximum Gasteiger partial charge on any atom is 0.167 e. The Morgan fingerprint density at radius 3 is 2.27 bits per heavy atom. The second-order valence-electron chi connectivity index (χ2n) is 3.80. The highest BCUT2D eigenvalue weighted by atomic mass is 31.2. The normalized spacial score (nSPS) is 15.0. The highest BCUT2D eigenvalue weighted by molar-refractivity contribution is 7.46. The van der Waals surface area contributed by atoms with E-state index in [0.29, 0.717) is 6.61 Å². The summed E-state index contributed by atoms with van der Waals surface area (Å²) in [6, 6.07) is 1.16. The van der Waals surface area contributed by atoms with Crippen LogP contribution in [-0.4, -0.2) is 25.7 Å². The van der Waals surface area contributed by atoms with E-state index in [-0.39, 0.29) is 0 Å². The predicted octanol–water partition coefficient (Wildman–Crippen LogP) is 2.67. The number of hydrogen-bond acceptors (Lipinski definition) is 2. The van der Waals surface area contributed by atoms with Crippen molar-refractivity contribution in [2.24, 2.45) is 0 Å². The summed E-state index contributed by atoms with van der Waals surface area (Å²) >= 11 is 0. The second kappa shape index (κ2) is 5.25. The Morgan fingerprint density at radius 1 is 1.36 bits per heavy atom. The topological polar surface area (TPSA) is 29.5 Å². The van der Waals surface area contributed by atoms with E-state index >= 15 is 0 Å². The van der Waals surface area contributed by atoms with Crippen LogP contribution in [0.4, 0.5) is 0 Å². The van der Waals surface area contributed by atoms with Crippen molar-refractivity contribution in [3.8, 4) is 0 Å². The van der Waals surface area contributed by atoms with Crippen LogP contribution in [0.2, 0.25) is 25.7 Å². The smallest absolute Gasteiger partial charge is 0.167 e. The lowest BCUT2D eigenvalue weighted by Gasteiger charge is -2.17. The molecule has 0 aromatic heterocycles. The van der Waals surface area contributed by atoms with E-state index in [2.05, 4.69) is 19.6 Å². The lowest BCUT2D eigenvalue weighted by molar-refractivity contribution is 0.330. The SMILES string of the molecule is CCOP(O)CC[Si](C)(C)C. The zero-order chi connectivity index (χ0) is 8.91. The zero-order valence-electron chi connectivity index (χ0n) is 7.92. The van der Waals surface area contributed by atoms with E-state index < -0.39 is 16.4 Å². The molecule has 0 amide bonds. The van der Waals surface area contributed by atoms with Crippen molar-refractivity contribution in [2.45, 2.75) is 32.6 Å². The lowest BCUT2D eigenvalue weighted by Crippen LogP contribution is -2.20. The molecule has 0 aliphatic carbocycles. The summed E-state index contributed by atoms with van der Waals surface area (Å²) in [6.45, 7) is 9.47. The molecule has 4 heteroatoms. The average molecular weight is 194 g/mol. The van der Waals surface area contributed by atoms with Gasteiger partial charge in [-0.05, 0) is 13.0 Å². The first-order valence-corrected chi connectivity index (χ1v) is 9.15. The van der Waals surface area contributed by atoms with E-state index in [1.807, 2.05) is 6.92 Å². The molecule has 0 heterocycles. The summed E-state index contributed by atoms with van der Waals surface area (Å²) in [6.07, 6.45) is 0.860. The standard InChI is InChI=1S/C7H19O2PSi/c1-5-9-10(8)6-7-11(2,3)4/h8H,5-7H2,1-4H3. The van der Waals surface area contributed by atoms with Gasteiger partial charge in [0.1, 0.15) is 0 Å². The fraction of sp³-hybridized carbons (Fsp3) is 1.00. The van der Waals surface area contributed by atoms with Crippen LogP contribution in [0.15, 0.2) is 0 Å².